The summed E-state index contributed by atoms with van der Waals surface area (Å²) < 4.78 is 0. The number of non-ortho nitro benzene ring substituents is 1. The van der Waals surface area contributed by atoms with E-state index in [0.717, 1.165) is 17.9 Å². The van der Waals surface area contributed by atoms with Gasteiger partial charge in [0.15, 0.2) is 0 Å². The first-order chi connectivity index (χ1) is 10.2. The molecule has 0 aliphatic carbocycles. The minimum Gasteiger partial charge on any atom is -0.312 e. The molecule has 2 aromatic rings. The van der Waals surface area contributed by atoms with Gasteiger partial charge < -0.3 is 5.32 Å². The summed E-state index contributed by atoms with van der Waals surface area (Å²) in [4.78, 5) is 11.6. The lowest BCUT2D eigenvalue weighted by Crippen LogP contribution is -2.16. The van der Waals surface area contributed by atoms with Crippen LogP contribution in [0.4, 0.5) is 5.69 Å². The highest BCUT2D eigenvalue weighted by molar-refractivity contribution is 7.99. The average Bonchev–Trinajstić information content (AvgIpc) is 2.49. The molecule has 0 saturated heterocycles. The topological polar surface area (TPSA) is 55.2 Å². The first-order valence-electron chi connectivity index (χ1n) is 6.48. The number of thioether (sulfide) groups is 1. The second kappa shape index (κ2) is 8.02. The van der Waals surface area contributed by atoms with Gasteiger partial charge in [-0.3, -0.25) is 10.1 Å². The summed E-state index contributed by atoms with van der Waals surface area (Å²) in [6.45, 7) is 1.33. The van der Waals surface area contributed by atoms with Crippen LogP contribution in [0.3, 0.4) is 0 Å². The predicted octanol–water partition coefficient (Wildman–Crippen LogP) is 4.13. The summed E-state index contributed by atoms with van der Waals surface area (Å²) >= 11 is 7.81. The van der Waals surface area contributed by atoms with E-state index in [9.17, 15) is 10.1 Å². The summed E-state index contributed by atoms with van der Waals surface area (Å²) in [5.41, 5.74) is 0.811. The van der Waals surface area contributed by atoms with Gasteiger partial charge in [-0.15, -0.1) is 11.8 Å². The zero-order chi connectivity index (χ0) is 15.1. The third-order valence-corrected chi connectivity index (χ3v) is 4.23. The Bertz CT molecular complexity index is 608. The van der Waals surface area contributed by atoms with E-state index in [-0.39, 0.29) is 5.69 Å². The van der Waals surface area contributed by atoms with E-state index < -0.39 is 4.92 Å². The van der Waals surface area contributed by atoms with Crippen molar-refractivity contribution >= 4 is 29.1 Å². The van der Waals surface area contributed by atoms with Crippen molar-refractivity contribution in [1.29, 1.82) is 0 Å². The summed E-state index contributed by atoms with van der Waals surface area (Å²) in [7, 11) is 0. The Labute approximate surface area is 132 Å². The smallest absolute Gasteiger partial charge is 0.269 e. The van der Waals surface area contributed by atoms with Gasteiger partial charge in [-0.25, -0.2) is 0 Å². The zero-order valence-electron chi connectivity index (χ0n) is 11.3. The van der Waals surface area contributed by atoms with Gasteiger partial charge in [-0.05, 0) is 23.8 Å². The predicted molar refractivity (Wildman–Crippen MR) is 87.0 cm³/mol. The van der Waals surface area contributed by atoms with E-state index in [4.69, 9.17) is 11.6 Å². The molecule has 110 valence electrons. The van der Waals surface area contributed by atoms with Crippen LogP contribution < -0.4 is 5.32 Å². The van der Waals surface area contributed by atoms with Crippen LogP contribution in [-0.4, -0.2) is 17.2 Å². The van der Waals surface area contributed by atoms with Gasteiger partial charge in [-0.1, -0.05) is 29.8 Å². The lowest BCUT2D eigenvalue weighted by molar-refractivity contribution is -0.384. The summed E-state index contributed by atoms with van der Waals surface area (Å²) in [5, 5.41) is 14.5. The lowest BCUT2D eigenvalue weighted by atomic mass is 10.2. The maximum absolute atomic E-state index is 10.7. The molecule has 0 atom stereocenters. The number of nitrogens with zero attached hydrogens (tertiary/aromatic N) is 1. The molecule has 0 radical (unpaired) electrons. The molecular formula is C15H15ClN2O2S. The molecule has 0 aliphatic heterocycles. The van der Waals surface area contributed by atoms with Gasteiger partial charge in [-0.2, -0.15) is 0 Å². The maximum atomic E-state index is 10.7. The number of hydrogen-bond acceptors (Lipinski definition) is 4. The van der Waals surface area contributed by atoms with Crippen LogP contribution in [0.5, 0.6) is 0 Å². The van der Waals surface area contributed by atoms with E-state index in [0.29, 0.717) is 11.6 Å². The van der Waals surface area contributed by atoms with Crippen molar-refractivity contribution in [3.05, 3.63) is 69.2 Å². The number of nitrogens with one attached hydrogen (secondary N) is 1. The van der Waals surface area contributed by atoms with Crippen LogP contribution in [-0.2, 0) is 6.54 Å². The second-order valence-electron chi connectivity index (χ2n) is 4.37. The number of nitro groups is 1. The number of hydrogen-bond donors (Lipinski definition) is 1. The number of benzene rings is 2. The van der Waals surface area contributed by atoms with E-state index in [2.05, 4.69) is 17.4 Å². The fourth-order valence-corrected chi connectivity index (χ4v) is 2.81. The van der Waals surface area contributed by atoms with Gasteiger partial charge in [0.1, 0.15) is 0 Å². The third-order valence-electron chi connectivity index (χ3n) is 2.85. The van der Waals surface area contributed by atoms with Crippen molar-refractivity contribution in [1.82, 2.24) is 5.32 Å². The number of nitro benzene ring substituents is 1. The second-order valence-corrected chi connectivity index (χ2v) is 5.95. The molecular weight excluding hydrogens is 308 g/mol. The Morgan fingerprint density at radius 3 is 2.67 bits per heavy atom. The Morgan fingerprint density at radius 2 is 1.95 bits per heavy atom. The number of rotatable bonds is 7. The van der Waals surface area contributed by atoms with Gasteiger partial charge in [0, 0.05) is 40.9 Å². The maximum Gasteiger partial charge on any atom is 0.269 e. The van der Waals surface area contributed by atoms with Crippen LogP contribution in [0.1, 0.15) is 5.56 Å². The minimum atomic E-state index is -0.412. The molecule has 0 spiro atoms. The summed E-state index contributed by atoms with van der Waals surface area (Å²) in [6, 6.07) is 14.7. The SMILES string of the molecule is O=[N+]([O-])c1ccc(Cl)c(CNCCSc2ccccc2)c1. The average molecular weight is 323 g/mol. The highest BCUT2D eigenvalue weighted by atomic mass is 35.5. The van der Waals surface area contributed by atoms with E-state index in [1.54, 1.807) is 17.8 Å². The first-order valence-corrected chi connectivity index (χ1v) is 7.84. The molecule has 0 saturated carbocycles. The molecule has 21 heavy (non-hydrogen) atoms. The Kier molecular flexibility index (Phi) is 6.04. The molecule has 0 bridgehead atoms. The van der Waals surface area contributed by atoms with Crippen molar-refractivity contribution in [2.45, 2.75) is 11.4 Å². The van der Waals surface area contributed by atoms with Gasteiger partial charge in [0.2, 0.25) is 0 Å². The van der Waals surface area contributed by atoms with Crippen molar-refractivity contribution in [2.75, 3.05) is 12.3 Å². The fourth-order valence-electron chi connectivity index (χ4n) is 1.79. The molecule has 4 nitrogen and oxygen atoms in total. The van der Waals surface area contributed by atoms with Crippen LogP contribution in [0.15, 0.2) is 53.4 Å². The first kappa shape index (κ1) is 15.8. The molecule has 0 fully saturated rings. The van der Waals surface area contributed by atoms with E-state index >= 15 is 0 Å². The van der Waals surface area contributed by atoms with Crippen molar-refractivity contribution in [3.63, 3.8) is 0 Å². The van der Waals surface area contributed by atoms with Crippen molar-refractivity contribution in [3.8, 4) is 0 Å². The number of halogens is 1. The summed E-state index contributed by atoms with van der Waals surface area (Å²) in [6.07, 6.45) is 0. The molecule has 0 amide bonds. The Balaban J connectivity index is 1.78. The van der Waals surface area contributed by atoms with Gasteiger partial charge in [0.05, 0.1) is 4.92 Å². The van der Waals surface area contributed by atoms with Crippen LogP contribution in [0.2, 0.25) is 5.02 Å². The molecule has 0 aromatic heterocycles. The third kappa shape index (κ3) is 5.04. The van der Waals surface area contributed by atoms with Gasteiger partial charge in [0.25, 0.3) is 5.69 Å². The van der Waals surface area contributed by atoms with Crippen LogP contribution >= 0.6 is 23.4 Å². The zero-order valence-corrected chi connectivity index (χ0v) is 12.9. The standard InChI is InChI=1S/C15H15ClN2O2S/c16-15-7-6-13(18(19)20)10-12(15)11-17-8-9-21-14-4-2-1-3-5-14/h1-7,10,17H,8-9,11H2. The molecule has 0 aliphatic rings. The van der Waals surface area contributed by atoms with Gasteiger partial charge >= 0.3 is 0 Å². The summed E-state index contributed by atoms with van der Waals surface area (Å²) in [5.74, 6) is 0.927. The molecule has 6 heteroatoms. The Morgan fingerprint density at radius 1 is 1.19 bits per heavy atom. The van der Waals surface area contributed by atoms with Crippen molar-refractivity contribution < 1.29 is 4.92 Å². The molecule has 0 heterocycles. The monoisotopic (exact) mass is 322 g/mol. The quantitative estimate of drug-likeness (QED) is 0.360. The van der Waals surface area contributed by atoms with Crippen LogP contribution in [0.25, 0.3) is 0 Å². The lowest BCUT2D eigenvalue weighted by Gasteiger charge is -2.07. The molecule has 2 rings (SSSR count). The normalized spacial score (nSPS) is 10.5. The molecule has 2 aromatic carbocycles. The highest BCUT2D eigenvalue weighted by Gasteiger charge is 2.09. The largest absolute Gasteiger partial charge is 0.312 e. The van der Waals surface area contributed by atoms with Crippen LogP contribution in [0, 0.1) is 10.1 Å². The minimum absolute atomic E-state index is 0.0647. The molecule has 0 unspecified atom stereocenters. The Hall–Kier alpha value is -1.56. The van der Waals surface area contributed by atoms with E-state index in [1.807, 2.05) is 18.2 Å². The fraction of sp³-hybridized carbons (Fsp3) is 0.200. The van der Waals surface area contributed by atoms with E-state index in [1.165, 1.54) is 17.0 Å². The molecule has 1 N–H and O–H groups in total. The highest BCUT2D eigenvalue weighted by Crippen LogP contribution is 2.22. The van der Waals surface area contributed by atoms with Crippen molar-refractivity contribution in [2.24, 2.45) is 0 Å².